The predicted molar refractivity (Wildman–Crippen MR) is 71.5 cm³/mol. The highest BCUT2D eigenvalue weighted by molar-refractivity contribution is 9.10. The van der Waals surface area contributed by atoms with Crippen LogP contribution in [0.4, 0.5) is 0 Å². The molecule has 1 atom stereocenters. The summed E-state index contributed by atoms with van der Waals surface area (Å²) in [7, 11) is 1.66. The summed E-state index contributed by atoms with van der Waals surface area (Å²) in [5, 5.41) is 13.7. The van der Waals surface area contributed by atoms with Gasteiger partial charge in [0.15, 0.2) is 0 Å². The molecule has 1 fully saturated rings. The predicted octanol–water partition coefficient (Wildman–Crippen LogP) is 2.11. The van der Waals surface area contributed by atoms with E-state index in [9.17, 15) is 5.11 Å². The van der Waals surface area contributed by atoms with E-state index in [1.165, 1.54) is 0 Å². The number of halogens is 1. The minimum absolute atomic E-state index is 0.632. The summed E-state index contributed by atoms with van der Waals surface area (Å²) in [6.45, 7) is 1.66. The number of piperidine rings is 1. The molecule has 1 aliphatic rings. The summed E-state index contributed by atoms with van der Waals surface area (Å²) < 4.78 is 6.24. The molecular formula is C13H18BrNO2. The fraction of sp³-hybridized carbons (Fsp3) is 0.538. The molecule has 0 saturated carbocycles. The van der Waals surface area contributed by atoms with Crippen molar-refractivity contribution in [2.24, 2.45) is 0 Å². The van der Waals surface area contributed by atoms with Crippen LogP contribution in [0.25, 0.3) is 0 Å². The minimum Gasteiger partial charge on any atom is -0.497 e. The number of hydrogen-bond acceptors (Lipinski definition) is 3. The Morgan fingerprint density at radius 3 is 3.00 bits per heavy atom. The Labute approximate surface area is 110 Å². The van der Waals surface area contributed by atoms with E-state index >= 15 is 0 Å². The van der Waals surface area contributed by atoms with Gasteiger partial charge in [-0.1, -0.05) is 15.9 Å². The largest absolute Gasteiger partial charge is 0.497 e. The smallest absolute Gasteiger partial charge is 0.119 e. The van der Waals surface area contributed by atoms with Gasteiger partial charge < -0.3 is 15.2 Å². The normalized spacial score (nSPS) is 24.6. The van der Waals surface area contributed by atoms with E-state index in [2.05, 4.69) is 21.2 Å². The van der Waals surface area contributed by atoms with Gasteiger partial charge in [-0.05, 0) is 43.1 Å². The van der Waals surface area contributed by atoms with Crippen molar-refractivity contribution in [2.45, 2.75) is 24.9 Å². The van der Waals surface area contributed by atoms with E-state index in [0.29, 0.717) is 13.0 Å². The van der Waals surface area contributed by atoms with Crippen molar-refractivity contribution in [1.82, 2.24) is 5.32 Å². The molecule has 0 aliphatic carbocycles. The topological polar surface area (TPSA) is 41.5 Å². The monoisotopic (exact) mass is 299 g/mol. The van der Waals surface area contributed by atoms with Crippen LogP contribution in [-0.2, 0) is 6.42 Å². The van der Waals surface area contributed by atoms with Crippen molar-refractivity contribution in [1.29, 1.82) is 0 Å². The number of hydrogen-bond donors (Lipinski definition) is 2. The molecule has 1 unspecified atom stereocenters. The van der Waals surface area contributed by atoms with E-state index in [-0.39, 0.29) is 0 Å². The number of ether oxygens (including phenoxy) is 1. The van der Waals surface area contributed by atoms with Gasteiger partial charge in [-0.2, -0.15) is 0 Å². The van der Waals surface area contributed by atoms with Crippen LogP contribution in [0.15, 0.2) is 22.7 Å². The van der Waals surface area contributed by atoms with E-state index in [1.807, 2.05) is 18.2 Å². The molecular weight excluding hydrogens is 282 g/mol. The van der Waals surface area contributed by atoms with Gasteiger partial charge in [0.05, 0.1) is 12.7 Å². The fourth-order valence-electron chi connectivity index (χ4n) is 2.27. The van der Waals surface area contributed by atoms with Crippen molar-refractivity contribution in [2.75, 3.05) is 20.2 Å². The lowest BCUT2D eigenvalue weighted by molar-refractivity contribution is 0.0168. The Balaban J connectivity index is 2.16. The third-order valence-electron chi connectivity index (χ3n) is 3.22. The summed E-state index contributed by atoms with van der Waals surface area (Å²) in [6.07, 6.45) is 2.53. The second-order valence-electron chi connectivity index (χ2n) is 4.64. The molecule has 1 aromatic rings. The average Bonchev–Trinajstić information content (AvgIpc) is 2.33. The Morgan fingerprint density at radius 1 is 1.53 bits per heavy atom. The molecule has 94 valence electrons. The molecule has 2 N–H and O–H groups in total. The molecule has 17 heavy (non-hydrogen) atoms. The van der Waals surface area contributed by atoms with Crippen LogP contribution < -0.4 is 10.1 Å². The molecule has 4 heteroatoms. The number of methoxy groups -OCH3 is 1. The molecule has 3 nitrogen and oxygen atoms in total. The molecule has 0 radical (unpaired) electrons. The van der Waals surface area contributed by atoms with Crippen LogP contribution in [-0.4, -0.2) is 30.9 Å². The second kappa shape index (κ2) is 5.38. The number of rotatable bonds is 3. The minimum atomic E-state index is -0.632. The molecule has 1 aliphatic heterocycles. The van der Waals surface area contributed by atoms with Crippen LogP contribution in [0.3, 0.4) is 0 Å². The lowest BCUT2D eigenvalue weighted by Gasteiger charge is -2.33. The highest BCUT2D eigenvalue weighted by Gasteiger charge is 2.29. The van der Waals surface area contributed by atoms with Gasteiger partial charge in [0.1, 0.15) is 5.75 Å². The van der Waals surface area contributed by atoms with Crippen molar-refractivity contribution < 1.29 is 9.84 Å². The van der Waals surface area contributed by atoms with Gasteiger partial charge in [0, 0.05) is 17.4 Å². The van der Waals surface area contributed by atoms with Crippen molar-refractivity contribution in [3.05, 3.63) is 28.2 Å². The first kappa shape index (κ1) is 12.9. The van der Waals surface area contributed by atoms with Gasteiger partial charge in [0.25, 0.3) is 0 Å². The second-order valence-corrected chi connectivity index (χ2v) is 5.49. The third-order valence-corrected chi connectivity index (χ3v) is 4.00. The van der Waals surface area contributed by atoms with Gasteiger partial charge in [-0.3, -0.25) is 0 Å². The standard InChI is InChI=1S/C13H18BrNO2/c1-17-11-3-4-12(14)10(7-11)8-13(16)5-2-6-15-9-13/h3-4,7,15-16H,2,5-6,8-9H2,1H3. The number of aliphatic hydroxyl groups is 1. The molecule has 0 aromatic heterocycles. The van der Waals surface area contributed by atoms with Gasteiger partial charge in [-0.25, -0.2) is 0 Å². The maximum absolute atomic E-state index is 10.5. The van der Waals surface area contributed by atoms with Gasteiger partial charge >= 0.3 is 0 Å². The Hall–Kier alpha value is -0.580. The highest BCUT2D eigenvalue weighted by Crippen LogP contribution is 2.28. The SMILES string of the molecule is COc1ccc(Br)c(CC2(O)CCCNC2)c1. The Kier molecular flexibility index (Phi) is 4.07. The van der Waals surface area contributed by atoms with E-state index in [0.717, 1.165) is 35.2 Å². The van der Waals surface area contributed by atoms with E-state index in [4.69, 9.17) is 4.74 Å². The first-order valence-corrected chi connectivity index (χ1v) is 6.68. The first-order chi connectivity index (χ1) is 8.13. The Morgan fingerprint density at radius 2 is 2.35 bits per heavy atom. The third kappa shape index (κ3) is 3.21. The van der Waals surface area contributed by atoms with Crippen LogP contribution in [0, 0.1) is 0 Å². The zero-order valence-electron chi connectivity index (χ0n) is 10.0. The average molecular weight is 300 g/mol. The molecule has 0 amide bonds. The van der Waals surface area contributed by atoms with Crippen LogP contribution in [0.1, 0.15) is 18.4 Å². The fourth-order valence-corrected chi connectivity index (χ4v) is 2.66. The zero-order chi connectivity index (χ0) is 12.3. The zero-order valence-corrected chi connectivity index (χ0v) is 11.6. The summed E-state index contributed by atoms with van der Waals surface area (Å²) in [6, 6.07) is 5.86. The summed E-state index contributed by atoms with van der Waals surface area (Å²) in [5.41, 5.74) is 0.461. The molecule has 0 bridgehead atoms. The quantitative estimate of drug-likeness (QED) is 0.898. The summed E-state index contributed by atoms with van der Waals surface area (Å²) >= 11 is 3.52. The van der Waals surface area contributed by atoms with Gasteiger partial charge in [0.2, 0.25) is 0 Å². The number of nitrogens with one attached hydrogen (secondary N) is 1. The molecule has 2 rings (SSSR count). The van der Waals surface area contributed by atoms with E-state index < -0.39 is 5.60 Å². The summed E-state index contributed by atoms with van der Waals surface area (Å²) in [5.74, 6) is 0.829. The molecule has 1 aromatic carbocycles. The van der Waals surface area contributed by atoms with Crippen molar-refractivity contribution >= 4 is 15.9 Å². The van der Waals surface area contributed by atoms with Crippen LogP contribution in [0.2, 0.25) is 0 Å². The number of β-amino-alcohol motifs (C(OH)–C–C–N with tert-alkyl or cyclic N) is 1. The van der Waals surface area contributed by atoms with Crippen LogP contribution in [0.5, 0.6) is 5.75 Å². The maximum atomic E-state index is 10.5. The van der Waals surface area contributed by atoms with Gasteiger partial charge in [-0.15, -0.1) is 0 Å². The lowest BCUT2D eigenvalue weighted by Crippen LogP contribution is -2.47. The highest BCUT2D eigenvalue weighted by atomic mass is 79.9. The van der Waals surface area contributed by atoms with E-state index in [1.54, 1.807) is 7.11 Å². The molecule has 1 saturated heterocycles. The summed E-state index contributed by atoms with van der Waals surface area (Å²) in [4.78, 5) is 0. The first-order valence-electron chi connectivity index (χ1n) is 5.88. The van der Waals surface area contributed by atoms with Crippen molar-refractivity contribution in [3.8, 4) is 5.75 Å². The Bertz CT molecular complexity index is 389. The molecule has 0 spiro atoms. The molecule has 1 heterocycles. The lowest BCUT2D eigenvalue weighted by atomic mass is 9.87. The van der Waals surface area contributed by atoms with Crippen LogP contribution >= 0.6 is 15.9 Å². The maximum Gasteiger partial charge on any atom is 0.119 e. The number of benzene rings is 1. The van der Waals surface area contributed by atoms with Crippen molar-refractivity contribution in [3.63, 3.8) is 0 Å².